The number of aromatic nitrogens is 1. The number of hydrogen-bond donors (Lipinski definition) is 2. The highest BCUT2D eigenvalue weighted by molar-refractivity contribution is 9.10. The van der Waals surface area contributed by atoms with E-state index in [1.165, 1.54) is 11.3 Å². The Morgan fingerprint density at radius 2 is 2.00 bits per heavy atom. The Hall–Kier alpha value is -2.15. The van der Waals surface area contributed by atoms with Crippen molar-refractivity contribution < 1.29 is 4.74 Å². The van der Waals surface area contributed by atoms with Crippen LogP contribution in [0.5, 0.6) is 5.75 Å². The quantitative estimate of drug-likeness (QED) is 0.432. The Kier molecular flexibility index (Phi) is 4.80. The fourth-order valence-corrected chi connectivity index (χ4v) is 4.75. The number of ether oxygens (including phenoxy) is 1. The van der Waals surface area contributed by atoms with E-state index in [9.17, 15) is 4.79 Å². The Morgan fingerprint density at radius 3 is 2.67 bits per heavy atom. The number of rotatable bonds is 4. The summed E-state index contributed by atoms with van der Waals surface area (Å²) in [7, 11) is 1.66. The van der Waals surface area contributed by atoms with Crippen molar-refractivity contribution in [3.8, 4) is 16.9 Å². The first kappa shape index (κ1) is 18.2. The number of hydrogen-bond acceptors (Lipinski definition) is 4. The Labute approximate surface area is 169 Å². The number of pyridine rings is 1. The molecule has 0 saturated heterocycles. The molecule has 0 aliphatic rings. The van der Waals surface area contributed by atoms with Crippen LogP contribution in [-0.4, -0.2) is 12.1 Å². The number of benzene rings is 2. The summed E-state index contributed by atoms with van der Waals surface area (Å²) in [6.45, 7) is 2.08. The van der Waals surface area contributed by atoms with Crippen LogP contribution in [0.2, 0.25) is 0 Å². The van der Waals surface area contributed by atoms with Gasteiger partial charge in [0, 0.05) is 26.9 Å². The lowest BCUT2D eigenvalue weighted by Crippen LogP contribution is -2.08. The van der Waals surface area contributed by atoms with E-state index >= 15 is 0 Å². The summed E-state index contributed by atoms with van der Waals surface area (Å²) in [6.07, 6.45) is 0.890. The second-order valence-corrected chi connectivity index (χ2v) is 8.21. The Morgan fingerprint density at radius 1 is 1.26 bits per heavy atom. The summed E-state index contributed by atoms with van der Waals surface area (Å²) in [4.78, 5) is 15.5. The van der Waals surface area contributed by atoms with Gasteiger partial charge in [0.1, 0.15) is 10.4 Å². The molecule has 2 aromatic heterocycles. The molecule has 1 unspecified atom stereocenters. The fraction of sp³-hybridized carbons (Fsp3) is 0.190. The molecule has 0 aliphatic carbocycles. The number of halogens is 1. The van der Waals surface area contributed by atoms with Gasteiger partial charge in [-0.2, -0.15) is 0 Å². The van der Waals surface area contributed by atoms with E-state index < -0.39 is 0 Å². The molecule has 0 fully saturated rings. The molecule has 4 rings (SSSR count). The molecule has 0 bridgehead atoms. The molecule has 2 aromatic carbocycles. The zero-order valence-corrected chi connectivity index (χ0v) is 17.4. The van der Waals surface area contributed by atoms with Gasteiger partial charge in [0.15, 0.2) is 0 Å². The third-order valence-electron chi connectivity index (χ3n) is 4.91. The molecule has 6 heteroatoms. The maximum Gasteiger partial charge on any atom is 0.266 e. The average molecular weight is 443 g/mol. The number of thiophene rings is 1. The Bertz CT molecular complexity index is 1190. The smallest absolute Gasteiger partial charge is 0.266 e. The monoisotopic (exact) mass is 442 g/mol. The molecule has 0 aliphatic heterocycles. The molecule has 0 radical (unpaired) electrons. The minimum absolute atomic E-state index is 0.0301. The molecule has 4 nitrogen and oxygen atoms in total. The van der Waals surface area contributed by atoms with Crippen molar-refractivity contribution in [2.45, 2.75) is 19.4 Å². The van der Waals surface area contributed by atoms with Gasteiger partial charge in [-0.25, -0.2) is 0 Å². The molecule has 4 aromatic rings. The lowest BCUT2D eigenvalue weighted by Gasteiger charge is -2.16. The largest absolute Gasteiger partial charge is 0.496 e. The number of methoxy groups -OCH3 is 1. The van der Waals surface area contributed by atoms with E-state index in [1.54, 1.807) is 7.11 Å². The van der Waals surface area contributed by atoms with Gasteiger partial charge >= 0.3 is 0 Å². The molecule has 27 heavy (non-hydrogen) atoms. The van der Waals surface area contributed by atoms with Crippen molar-refractivity contribution in [3.63, 3.8) is 0 Å². The predicted molar refractivity (Wildman–Crippen MR) is 117 cm³/mol. The Balaban J connectivity index is 2.08. The fourth-order valence-electron chi connectivity index (χ4n) is 3.45. The van der Waals surface area contributed by atoms with Gasteiger partial charge in [0.2, 0.25) is 0 Å². The van der Waals surface area contributed by atoms with Crippen molar-refractivity contribution >= 4 is 48.3 Å². The summed E-state index contributed by atoms with van der Waals surface area (Å²) in [5.41, 5.74) is 9.95. The van der Waals surface area contributed by atoms with Crippen LogP contribution in [0, 0.1) is 0 Å². The van der Waals surface area contributed by atoms with Crippen LogP contribution in [0.3, 0.4) is 0 Å². The van der Waals surface area contributed by atoms with E-state index in [4.69, 9.17) is 10.5 Å². The SMILES string of the molecule is CCC(N)c1ccc(-c2c(OC)cc(Br)c3[nH]c(=O)c4sccc4c23)cc1. The second kappa shape index (κ2) is 7.11. The lowest BCUT2D eigenvalue weighted by atomic mass is 9.95. The van der Waals surface area contributed by atoms with Crippen molar-refractivity contribution in [2.75, 3.05) is 7.11 Å². The lowest BCUT2D eigenvalue weighted by molar-refractivity contribution is 0.416. The van der Waals surface area contributed by atoms with E-state index in [0.29, 0.717) is 4.70 Å². The van der Waals surface area contributed by atoms with Crippen LogP contribution >= 0.6 is 27.3 Å². The summed E-state index contributed by atoms with van der Waals surface area (Å²) < 4.78 is 7.22. The van der Waals surface area contributed by atoms with Crippen LogP contribution in [0.1, 0.15) is 24.9 Å². The maximum atomic E-state index is 12.4. The van der Waals surface area contributed by atoms with Crippen LogP contribution in [0.4, 0.5) is 0 Å². The summed E-state index contributed by atoms with van der Waals surface area (Å²) in [5.74, 6) is 0.751. The standard InChI is InChI=1S/C21H19BrN2O2S/c1-3-15(23)11-4-6-12(7-5-11)17-16(26-2)10-14(22)19-18(17)13-8-9-27-20(13)21(25)24-19/h4-10,15H,3,23H2,1-2H3,(H,24,25). The van der Waals surface area contributed by atoms with Crippen molar-refractivity contribution in [2.24, 2.45) is 5.73 Å². The molecule has 2 heterocycles. The van der Waals surface area contributed by atoms with E-state index in [0.717, 1.165) is 49.6 Å². The number of aromatic amines is 1. The number of H-pyrrole nitrogens is 1. The molecule has 3 N–H and O–H groups in total. The average Bonchev–Trinajstić information content (AvgIpc) is 3.18. The van der Waals surface area contributed by atoms with Crippen molar-refractivity contribution in [3.05, 3.63) is 62.2 Å². The number of fused-ring (bicyclic) bond motifs is 3. The molecular weight excluding hydrogens is 424 g/mol. The maximum absolute atomic E-state index is 12.4. The van der Waals surface area contributed by atoms with Crippen molar-refractivity contribution in [1.82, 2.24) is 4.98 Å². The highest BCUT2D eigenvalue weighted by Crippen LogP contribution is 2.43. The van der Waals surface area contributed by atoms with Gasteiger partial charge in [-0.3, -0.25) is 4.79 Å². The highest BCUT2D eigenvalue weighted by atomic mass is 79.9. The van der Waals surface area contributed by atoms with Crippen LogP contribution < -0.4 is 16.0 Å². The first-order valence-corrected chi connectivity index (χ1v) is 10.4. The van der Waals surface area contributed by atoms with E-state index in [-0.39, 0.29) is 11.6 Å². The van der Waals surface area contributed by atoms with E-state index in [2.05, 4.69) is 52.1 Å². The first-order chi connectivity index (χ1) is 13.0. The summed E-state index contributed by atoms with van der Waals surface area (Å²) in [6, 6.07) is 12.2. The molecule has 1 atom stereocenters. The predicted octanol–water partition coefficient (Wildman–Crippen LogP) is 5.59. The molecule has 0 spiro atoms. The van der Waals surface area contributed by atoms with Crippen molar-refractivity contribution in [1.29, 1.82) is 0 Å². The third-order valence-corrected chi connectivity index (χ3v) is 6.45. The van der Waals surface area contributed by atoms with Gasteiger partial charge in [0.25, 0.3) is 5.56 Å². The second-order valence-electron chi connectivity index (χ2n) is 6.44. The van der Waals surface area contributed by atoms with Gasteiger partial charge < -0.3 is 15.5 Å². The number of nitrogens with one attached hydrogen (secondary N) is 1. The molecule has 0 saturated carbocycles. The van der Waals surface area contributed by atoms with Gasteiger partial charge in [-0.15, -0.1) is 11.3 Å². The van der Waals surface area contributed by atoms with E-state index in [1.807, 2.05) is 17.5 Å². The minimum Gasteiger partial charge on any atom is -0.496 e. The summed E-state index contributed by atoms with van der Waals surface area (Å²) >= 11 is 5.03. The first-order valence-electron chi connectivity index (χ1n) is 8.70. The number of nitrogens with two attached hydrogens (primary N) is 1. The zero-order valence-electron chi connectivity index (χ0n) is 15.0. The van der Waals surface area contributed by atoms with Gasteiger partial charge in [-0.05, 0) is 51.0 Å². The van der Waals surface area contributed by atoms with Crippen LogP contribution in [0.25, 0.3) is 32.1 Å². The highest BCUT2D eigenvalue weighted by Gasteiger charge is 2.19. The third kappa shape index (κ3) is 2.98. The summed E-state index contributed by atoms with van der Waals surface area (Å²) in [5, 5.41) is 3.85. The molecular formula is C21H19BrN2O2S. The van der Waals surface area contributed by atoms with Gasteiger partial charge in [0.05, 0.1) is 12.6 Å². The topological polar surface area (TPSA) is 68.1 Å². The van der Waals surface area contributed by atoms with Crippen LogP contribution in [-0.2, 0) is 0 Å². The minimum atomic E-state index is -0.0754. The zero-order chi connectivity index (χ0) is 19.1. The normalized spacial score (nSPS) is 12.6. The molecule has 138 valence electrons. The molecule has 0 amide bonds. The van der Waals surface area contributed by atoms with Gasteiger partial charge in [-0.1, -0.05) is 31.2 Å². The van der Waals surface area contributed by atoms with Crippen LogP contribution in [0.15, 0.2) is 51.0 Å².